The van der Waals surface area contributed by atoms with Crippen LogP contribution >= 0.6 is 0 Å². The summed E-state index contributed by atoms with van der Waals surface area (Å²) >= 11 is 0. The number of rotatable bonds is 4. The van der Waals surface area contributed by atoms with Crippen molar-refractivity contribution in [3.63, 3.8) is 0 Å². The second-order valence-corrected chi connectivity index (χ2v) is 7.17. The highest BCUT2D eigenvalue weighted by atomic mass is 16.5. The molecule has 0 fully saturated rings. The van der Waals surface area contributed by atoms with Crippen LogP contribution in [0.15, 0.2) is 18.2 Å². The Hall–Kier alpha value is -2.83. The minimum atomic E-state index is -0.120. The van der Waals surface area contributed by atoms with Crippen molar-refractivity contribution in [3.05, 3.63) is 35.4 Å². The Labute approximate surface area is 158 Å². The number of nitrogens with zero attached hydrogens (tertiary/aromatic N) is 4. The fourth-order valence-electron chi connectivity index (χ4n) is 3.94. The molecule has 7 nitrogen and oxygen atoms in total. The molecule has 0 saturated carbocycles. The first-order valence-electron chi connectivity index (χ1n) is 9.45. The number of hydrogen-bond donors (Lipinski definition) is 1. The maximum absolute atomic E-state index is 11.8. The predicted octanol–water partition coefficient (Wildman–Crippen LogP) is 3.34. The zero-order valence-corrected chi connectivity index (χ0v) is 16.1. The van der Waals surface area contributed by atoms with Crippen LogP contribution in [-0.2, 0) is 31.4 Å². The van der Waals surface area contributed by atoms with Gasteiger partial charge in [-0.1, -0.05) is 24.6 Å². The molecular formula is C20H25N5O2. The quantitative estimate of drug-likeness (QED) is 0.767. The molecule has 4 rings (SSSR count). The van der Waals surface area contributed by atoms with E-state index in [1.807, 2.05) is 23.7 Å². The summed E-state index contributed by atoms with van der Waals surface area (Å²) in [5.41, 5.74) is 2.89. The van der Waals surface area contributed by atoms with E-state index >= 15 is 0 Å². The van der Waals surface area contributed by atoms with Crippen molar-refractivity contribution in [3.8, 4) is 5.88 Å². The molecule has 0 atom stereocenters. The number of hydrogen-bond acceptors (Lipinski definition) is 4. The number of aryl methyl sites for hydroxylation is 3. The van der Waals surface area contributed by atoms with E-state index in [9.17, 15) is 4.79 Å². The molecule has 1 amide bonds. The molecule has 27 heavy (non-hydrogen) atoms. The molecule has 0 unspecified atom stereocenters. The number of anilines is 1. The number of aromatic nitrogens is 4. The third kappa shape index (κ3) is 3.18. The van der Waals surface area contributed by atoms with Crippen LogP contribution in [0.25, 0.3) is 10.9 Å². The molecule has 0 aliphatic carbocycles. The van der Waals surface area contributed by atoms with E-state index in [-0.39, 0.29) is 5.91 Å². The molecular weight excluding hydrogens is 342 g/mol. The SMILES string of the molecule is CC(=O)Nc1c(OCc2nnc3n2CCCCC3)n(C)c2c(C)cccc12. The number of amides is 1. The molecule has 142 valence electrons. The summed E-state index contributed by atoms with van der Waals surface area (Å²) < 4.78 is 10.4. The Morgan fingerprint density at radius 3 is 2.93 bits per heavy atom. The van der Waals surface area contributed by atoms with Crippen molar-refractivity contribution in [2.75, 3.05) is 5.32 Å². The summed E-state index contributed by atoms with van der Waals surface area (Å²) in [4.78, 5) is 11.8. The summed E-state index contributed by atoms with van der Waals surface area (Å²) in [5.74, 6) is 2.40. The van der Waals surface area contributed by atoms with Gasteiger partial charge in [-0.05, 0) is 25.3 Å². The summed E-state index contributed by atoms with van der Waals surface area (Å²) in [6.07, 6.45) is 4.49. The van der Waals surface area contributed by atoms with E-state index in [4.69, 9.17) is 4.74 Å². The van der Waals surface area contributed by atoms with E-state index < -0.39 is 0 Å². The van der Waals surface area contributed by atoms with Crippen molar-refractivity contribution in [2.24, 2.45) is 7.05 Å². The van der Waals surface area contributed by atoms with Gasteiger partial charge in [0.2, 0.25) is 11.8 Å². The van der Waals surface area contributed by atoms with Gasteiger partial charge in [0.15, 0.2) is 5.82 Å². The molecule has 3 aromatic rings. The van der Waals surface area contributed by atoms with Gasteiger partial charge in [-0.15, -0.1) is 10.2 Å². The average Bonchev–Trinajstić information content (AvgIpc) is 3.02. The van der Waals surface area contributed by atoms with Crippen LogP contribution in [0.5, 0.6) is 5.88 Å². The molecule has 0 bridgehead atoms. The fraction of sp³-hybridized carbons (Fsp3) is 0.450. The normalized spacial score (nSPS) is 14.0. The Kier molecular flexibility index (Phi) is 4.59. The van der Waals surface area contributed by atoms with E-state index in [1.54, 1.807) is 0 Å². The van der Waals surface area contributed by atoms with E-state index in [1.165, 1.54) is 13.3 Å². The Bertz CT molecular complexity index is 1000. The number of fused-ring (bicyclic) bond motifs is 2. The molecule has 1 aliphatic rings. The lowest BCUT2D eigenvalue weighted by atomic mass is 10.1. The van der Waals surface area contributed by atoms with Crippen LogP contribution in [0.2, 0.25) is 0 Å². The zero-order chi connectivity index (χ0) is 19.0. The molecule has 0 saturated heterocycles. The topological polar surface area (TPSA) is 74.0 Å². The highest BCUT2D eigenvalue weighted by Gasteiger charge is 2.21. The van der Waals surface area contributed by atoms with Crippen LogP contribution in [0.1, 0.15) is 43.4 Å². The second-order valence-electron chi connectivity index (χ2n) is 7.17. The molecule has 1 N–H and O–H groups in total. The summed E-state index contributed by atoms with van der Waals surface area (Å²) in [6.45, 7) is 4.83. The summed E-state index contributed by atoms with van der Waals surface area (Å²) in [7, 11) is 1.96. The lowest BCUT2D eigenvalue weighted by Crippen LogP contribution is -2.12. The molecule has 7 heteroatoms. The van der Waals surface area contributed by atoms with Gasteiger partial charge in [-0.3, -0.25) is 4.79 Å². The monoisotopic (exact) mass is 367 g/mol. The lowest BCUT2D eigenvalue weighted by molar-refractivity contribution is -0.114. The average molecular weight is 367 g/mol. The van der Waals surface area contributed by atoms with Gasteiger partial charge >= 0.3 is 0 Å². The first kappa shape index (κ1) is 17.6. The maximum Gasteiger partial charge on any atom is 0.221 e. The first-order valence-corrected chi connectivity index (χ1v) is 9.45. The molecule has 0 radical (unpaired) electrons. The summed E-state index contributed by atoms with van der Waals surface area (Å²) in [6, 6.07) is 6.05. The zero-order valence-electron chi connectivity index (χ0n) is 16.1. The highest BCUT2D eigenvalue weighted by Crippen LogP contribution is 2.38. The molecule has 1 aliphatic heterocycles. The largest absolute Gasteiger partial charge is 0.469 e. The molecule has 0 spiro atoms. The Morgan fingerprint density at radius 2 is 2.11 bits per heavy atom. The minimum absolute atomic E-state index is 0.120. The van der Waals surface area contributed by atoms with Crippen molar-refractivity contribution in [1.29, 1.82) is 0 Å². The standard InChI is InChI=1S/C20H25N5O2/c1-13-8-7-9-15-18(21-14(2)26)20(24(3)19(13)15)27-12-17-23-22-16-10-5-4-6-11-25(16)17/h7-9H,4-6,10-12H2,1-3H3,(H,21,26). The van der Waals surface area contributed by atoms with Gasteiger partial charge in [0.25, 0.3) is 0 Å². The van der Waals surface area contributed by atoms with E-state index in [2.05, 4.69) is 33.1 Å². The van der Waals surface area contributed by atoms with Crippen molar-refractivity contribution in [1.82, 2.24) is 19.3 Å². The Morgan fingerprint density at radius 1 is 1.26 bits per heavy atom. The number of para-hydroxylation sites is 1. The van der Waals surface area contributed by atoms with Crippen molar-refractivity contribution < 1.29 is 9.53 Å². The van der Waals surface area contributed by atoms with Gasteiger partial charge in [0.05, 0.1) is 5.52 Å². The predicted molar refractivity (Wildman–Crippen MR) is 104 cm³/mol. The molecule has 3 heterocycles. The fourth-order valence-corrected chi connectivity index (χ4v) is 3.94. The van der Waals surface area contributed by atoms with Crippen LogP contribution in [0.4, 0.5) is 5.69 Å². The van der Waals surface area contributed by atoms with Gasteiger partial charge in [0, 0.05) is 32.3 Å². The molecule has 2 aromatic heterocycles. The minimum Gasteiger partial charge on any atom is -0.469 e. The second kappa shape index (κ2) is 7.06. The van der Waals surface area contributed by atoms with Gasteiger partial charge < -0.3 is 19.2 Å². The Balaban J connectivity index is 1.70. The first-order chi connectivity index (χ1) is 13.1. The number of ether oxygens (including phenoxy) is 1. The third-order valence-corrected chi connectivity index (χ3v) is 5.19. The van der Waals surface area contributed by atoms with Crippen molar-refractivity contribution >= 4 is 22.5 Å². The number of carbonyl (C=O) groups excluding carboxylic acids is 1. The number of benzene rings is 1. The van der Waals surface area contributed by atoms with E-state index in [0.717, 1.165) is 53.9 Å². The van der Waals surface area contributed by atoms with Gasteiger partial charge in [-0.2, -0.15) is 0 Å². The van der Waals surface area contributed by atoms with E-state index in [0.29, 0.717) is 18.2 Å². The van der Waals surface area contributed by atoms with Crippen LogP contribution in [0, 0.1) is 6.92 Å². The summed E-state index contributed by atoms with van der Waals surface area (Å²) in [5, 5.41) is 12.6. The van der Waals surface area contributed by atoms with Crippen LogP contribution < -0.4 is 10.1 Å². The number of carbonyl (C=O) groups is 1. The van der Waals surface area contributed by atoms with Gasteiger partial charge in [-0.25, -0.2) is 0 Å². The van der Waals surface area contributed by atoms with Crippen LogP contribution in [0.3, 0.4) is 0 Å². The number of nitrogens with one attached hydrogen (secondary N) is 1. The molecule has 1 aromatic carbocycles. The third-order valence-electron chi connectivity index (χ3n) is 5.19. The smallest absolute Gasteiger partial charge is 0.221 e. The van der Waals surface area contributed by atoms with Crippen molar-refractivity contribution in [2.45, 2.75) is 52.7 Å². The van der Waals surface area contributed by atoms with Crippen LogP contribution in [-0.4, -0.2) is 25.2 Å². The lowest BCUT2D eigenvalue weighted by Gasteiger charge is -2.12. The van der Waals surface area contributed by atoms with Gasteiger partial charge in [0.1, 0.15) is 18.1 Å². The highest BCUT2D eigenvalue weighted by molar-refractivity contribution is 6.05. The maximum atomic E-state index is 11.8.